The highest BCUT2D eigenvalue weighted by Crippen LogP contribution is 2.34. The zero-order valence-electron chi connectivity index (χ0n) is 21.5. The summed E-state index contributed by atoms with van der Waals surface area (Å²) in [5.74, 6) is 0.736. The highest BCUT2D eigenvalue weighted by atomic mass is 32.1. The van der Waals surface area contributed by atoms with E-state index < -0.39 is 0 Å². The van der Waals surface area contributed by atoms with Crippen LogP contribution in [0.3, 0.4) is 0 Å². The number of ether oxygens (including phenoxy) is 2. The lowest BCUT2D eigenvalue weighted by atomic mass is 10.00. The summed E-state index contributed by atoms with van der Waals surface area (Å²) in [6.45, 7) is 5.41. The van der Waals surface area contributed by atoms with Gasteiger partial charge in [-0.05, 0) is 71.8 Å². The van der Waals surface area contributed by atoms with Gasteiger partial charge in [0.1, 0.15) is 30.5 Å². The Kier molecular flexibility index (Phi) is 8.82. The molecule has 0 aliphatic carbocycles. The average molecular weight is 525 g/mol. The van der Waals surface area contributed by atoms with Crippen LogP contribution < -0.4 is 9.47 Å². The number of carbonyl (C=O) groups excluding carboxylic acids is 2. The minimum Gasteiger partial charge on any atom is -0.497 e. The van der Waals surface area contributed by atoms with E-state index in [4.69, 9.17) is 9.47 Å². The van der Waals surface area contributed by atoms with Crippen LogP contribution in [0.1, 0.15) is 47.1 Å². The van der Waals surface area contributed by atoms with Crippen molar-refractivity contribution < 1.29 is 23.5 Å². The van der Waals surface area contributed by atoms with Crippen LogP contribution in [0.15, 0.2) is 60.0 Å². The minimum atomic E-state index is -0.330. The van der Waals surface area contributed by atoms with Crippen LogP contribution >= 0.6 is 11.3 Å². The van der Waals surface area contributed by atoms with Gasteiger partial charge in [-0.3, -0.25) is 9.59 Å². The Morgan fingerprint density at radius 3 is 2.68 bits per heavy atom. The Bertz CT molecular complexity index is 1210. The van der Waals surface area contributed by atoms with Crippen molar-refractivity contribution in [2.45, 2.75) is 32.7 Å². The fourth-order valence-corrected chi connectivity index (χ4v) is 5.43. The lowest BCUT2D eigenvalue weighted by Gasteiger charge is -2.37. The number of fused-ring (bicyclic) bond motifs is 1. The topological polar surface area (TPSA) is 59.1 Å². The van der Waals surface area contributed by atoms with Crippen LogP contribution in [-0.4, -0.2) is 55.0 Å². The van der Waals surface area contributed by atoms with E-state index >= 15 is 0 Å². The Hall–Kier alpha value is -3.39. The zero-order valence-corrected chi connectivity index (χ0v) is 22.3. The molecule has 37 heavy (non-hydrogen) atoms. The summed E-state index contributed by atoms with van der Waals surface area (Å²) in [6, 6.07) is 14.6. The molecule has 8 heteroatoms. The molecule has 196 valence electrons. The number of nitrogens with zero attached hydrogens (tertiary/aromatic N) is 2. The van der Waals surface area contributed by atoms with Crippen molar-refractivity contribution >= 4 is 23.2 Å². The third kappa shape index (κ3) is 6.49. The second-order valence-corrected chi connectivity index (χ2v) is 10.3. The summed E-state index contributed by atoms with van der Waals surface area (Å²) in [7, 11) is 1.56. The molecule has 2 amide bonds. The van der Waals surface area contributed by atoms with Gasteiger partial charge in [0.2, 0.25) is 5.91 Å². The maximum atomic E-state index is 13.7. The Labute approximate surface area is 221 Å². The smallest absolute Gasteiger partial charge is 0.254 e. The molecule has 2 aromatic carbocycles. The largest absolute Gasteiger partial charge is 0.497 e. The van der Waals surface area contributed by atoms with E-state index in [9.17, 15) is 14.0 Å². The van der Waals surface area contributed by atoms with Gasteiger partial charge in [-0.25, -0.2) is 4.39 Å². The van der Waals surface area contributed by atoms with Gasteiger partial charge < -0.3 is 19.3 Å². The SMILES string of the molecule is CC[C@@H](C)CN(CC(=O)N1CCc2sccc2[C@H]1COc1ccc(F)cc1)C(=O)c1cccc(OC)c1. The number of hydrogen-bond donors (Lipinski definition) is 0. The van der Waals surface area contributed by atoms with Crippen molar-refractivity contribution in [2.75, 3.05) is 33.4 Å². The molecule has 4 rings (SSSR count). The fourth-order valence-electron chi connectivity index (χ4n) is 4.50. The summed E-state index contributed by atoms with van der Waals surface area (Å²) in [6.07, 6.45) is 1.66. The van der Waals surface area contributed by atoms with E-state index in [1.54, 1.807) is 59.7 Å². The molecular formula is C29H33FN2O4S. The molecule has 0 spiro atoms. The van der Waals surface area contributed by atoms with Gasteiger partial charge in [0, 0.05) is 23.5 Å². The maximum absolute atomic E-state index is 13.7. The molecule has 0 unspecified atom stereocenters. The van der Waals surface area contributed by atoms with Crippen LogP contribution in [0, 0.1) is 11.7 Å². The van der Waals surface area contributed by atoms with Gasteiger partial charge in [-0.2, -0.15) is 0 Å². The molecule has 0 radical (unpaired) electrons. The van der Waals surface area contributed by atoms with E-state index in [-0.39, 0.29) is 42.7 Å². The summed E-state index contributed by atoms with van der Waals surface area (Å²) in [5, 5.41) is 2.03. The first-order chi connectivity index (χ1) is 17.9. The van der Waals surface area contributed by atoms with Crippen molar-refractivity contribution in [1.29, 1.82) is 0 Å². The summed E-state index contributed by atoms with van der Waals surface area (Å²) in [4.78, 5) is 31.9. The van der Waals surface area contributed by atoms with E-state index in [1.165, 1.54) is 17.0 Å². The van der Waals surface area contributed by atoms with Crippen molar-refractivity contribution in [1.82, 2.24) is 9.80 Å². The predicted molar refractivity (Wildman–Crippen MR) is 143 cm³/mol. The highest BCUT2D eigenvalue weighted by molar-refractivity contribution is 7.10. The number of hydrogen-bond acceptors (Lipinski definition) is 5. The number of halogens is 1. The van der Waals surface area contributed by atoms with Gasteiger partial charge in [0.15, 0.2) is 0 Å². The van der Waals surface area contributed by atoms with Crippen LogP contribution in [0.2, 0.25) is 0 Å². The molecule has 2 atom stereocenters. The number of amides is 2. The summed E-state index contributed by atoms with van der Waals surface area (Å²) < 4.78 is 24.6. The Morgan fingerprint density at radius 2 is 1.95 bits per heavy atom. The van der Waals surface area contributed by atoms with Crippen molar-refractivity contribution in [3.05, 3.63) is 81.8 Å². The van der Waals surface area contributed by atoms with Crippen molar-refractivity contribution in [3.8, 4) is 11.5 Å². The summed E-state index contributed by atoms with van der Waals surface area (Å²) >= 11 is 1.68. The molecule has 0 bridgehead atoms. The first-order valence-electron chi connectivity index (χ1n) is 12.6. The minimum absolute atomic E-state index is 0.0209. The van der Waals surface area contributed by atoms with Crippen LogP contribution in [0.4, 0.5) is 4.39 Å². The highest BCUT2D eigenvalue weighted by Gasteiger charge is 2.34. The second-order valence-electron chi connectivity index (χ2n) is 9.35. The quantitative estimate of drug-likeness (QED) is 0.347. The van der Waals surface area contributed by atoms with Crippen molar-refractivity contribution in [2.24, 2.45) is 5.92 Å². The zero-order chi connectivity index (χ0) is 26.4. The van der Waals surface area contributed by atoms with E-state index in [2.05, 4.69) is 13.8 Å². The molecule has 0 saturated heterocycles. The van der Waals surface area contributed by atoms with E-state index in [0.717, 1.165) is 18.4 Å². The first kappa shape index (κ1) is 26.7. The van der Waals surface area contributed by atoms with Gasteiger partial charge in [-0.1, -0.05) is 26.3 Å². The molecule has 2 heterocycles. The molecule has 0 fully saturated rings. The molecule has 6 nitrogen and oxygen atoms in total. The monoisotopic (exact) mass is 524 g/mol. The van der Waals surface area contributed by atoms with Crippen LogP contribution in [0.25, 0.3) is 0 Å². The molecule has 1 aromatic heterocycles. The van der Waals surface area contributed by atoms with Crippen LogP contribution in [0.5, 0.6) is 11.5 Å². The van der Waals surface area contributed by atoms with Gasteiger partial charge in [-0.15, -0.1) is 11.3 Å². The van der Waals surface area contributed by atoms with E-state index in [0.29, 0.717) is 30.2 Å². The Morgan fingerprint density at radius 1 is 1.16 bits per heavy atom. The second kappa shape index (κ2) is 12.2. The maximum Gasteiger partial charge on any atom is 0.254 e. The molecule has 1 aliphatic heterocycles. The number of thiophene rings is 1. The van der Waals surface area contributed by atoms with Crippen molar-refractivity contribution in [3.63, 3.8) is 0 Å². The molecule has 0 saturated carbocycles. The van der Waals surface area contributed by atoms with Gasteiger partial charge >= 0.3 is 0 Å². The molecule has 1 aliphatic rings. The van der Waals surface area contributed by atoms with Gasteiger partial charge in [0.25, 0.3) is 5.91 Å². The third-order valence-electron chi connectivity index (χ3n) is 6.80. The molecular weight excluding hydrogens is 491 g/mol. The molecule has 3 aromatic rings. The molecule has 0 N–H and O–H groups in total. The number of benzene rings is 2. The summed E-state index contributed by atoms with van der Waals surface area (Å²) in [5.41, 5.74) is 1.56. The lowest BCUT2D eigenvalue weighted by molar-refractivity contribution is -0.135. The number of carbonyl (C=O) groups is 2. The third-order valence-corrected chi connectivity index (χ3v) is 7.79. The van der Waals surface area contributed by atoms with E-state index in [1.807, 2.05) is 16.3 Å². The normalized spacial score (nSPS) is 15.6. The standard InChI is InChI=1S/C29H33FN2O4S/c1-4-20(2)17-31(29(34)21-6-5-7-24(16-21)35-3)18-28(33)32-14-12-27-25(13-15-37-27)26(32)19-36-23-10-8-22(30)9-11-23/h5-11,13,15-16,20,26H,4,12,14,17-19H2,1-3H3/t20-,26-/m1/s1. The number of methoxy groups -OCH3 is 1. The first-order valence-corrected chi connectivity index (χ1v) is 13.4. The predicted octanol–water partition coefficient (Wildman–Crippen LogP) is 5.59. The lowest BCUT2D eigenvalue weighted by Crippen LogP contribution is -2.48. The number of rotatable bonds is 10. The van der Waals surface area contributed by atoms with Crippen LogP contribution in [-0.2, 0) is 11.2 Å². The van der Waals surface area contributed by atoms with Gasteiger partial charge in [0.05, 0.1) is 13.2 Å². The Balaban J connectivity index is 1.54. The fraction of sp³-hybridized carbons (Fsp3) is 0.379. The average Bonchev–Trinajstić information content (AvgIpc) is 3.41.